The SMILES string of the molecule is CC/C=C/C/C=C/C/C=C/CCCCCCCC(=O)NCCNCCO. The van der Waals surface area contributed by atoms with E-state index in [-0.39, 0.29) is 12.5 Å². The molecule has 0 aliphatic heterocycles. The monoisotopic (exact) mass is 364 g/mol. The van der Waals surface area contributed by atoms with Crippen LogP contribution in [-0.4, -0.2) is 37.3 Å². The Balaban J connectivity index is 3.29. The van der Waals surface area contributed by atoms with Crippen molar-refractivity contribution in [3.8, 4) is 0 Å². The van der Waals surface area contributed by atoms with E-state index in [1.165, 1.54) is 19.3 Å². The Kier molecular flexibility index (Phi) is 20.5. The molecule has 4 nitrogen and oxygen atoms in total. The third-order valence-corrected chi connectivity index (χ3v) is 3.97. The van der Waals surface area contributed by atoms with Crippen LogP contribution in [0.15, 0.2) is 36.5 Å². The Morgan fingerprint density at radius 1 is 0.808 bits per heavy atom. The van der Waals surface area contributed by atoms with Gasteiger partial charge in [-0.3, -0.25) is 4.79 Å². The van der Waals surface area contributed by atoms with Gasteiger partial charge in [0.05, 0.1) is 6.61 Å². The number of aliphatic hydroxyl groups is 1. The lowest BCUT2D eigenvalue weighted by molar-refractivity contribution is -0.121. The van der Waals surface area contributed by atoms with Crippen molar-refractivity contribution in [1.82, 2.24) is 10.6 Å². The predicted molar refractivity (Wildman–Crippen MR) is 112 cm³/mol. The highest BCUT2D eigenvalue weighted by Crippen LogP contribution is 2.07. The van der Waals surface area contributed by atoms with Gasteiger partial charge in [0.1, 0.15) is 0 Å². The van der Waals surface area contributed by atoms with Gasteiger partial charge in [-0.1, -0.05) is 62.6 Å². The van der Waals surface area contributed by atoms with Crippen molar-refractivity contribution < 1.29 is 9.90 Å². The number of allylic oxidation sites excluding steroid dienone is 6. The molecule has 0 spiro atoms. The quantitative estimate of drug-likeness (QED) is 0.251. The van der Waals surface area contributed by atoms with Crippen LogP contribution < -0.4 is 10.6 Å². The van der Waals surface area contributed by atoms with Crippen LogP contribution >= 0.6 is 0 Å². The minimum atomic E-state index is 0.136. The van der Waals surface area contributed by atoms with Crippen molar-refractivity contribution in [3.63, 3.8) is 0 Å². The molecule has 150 valence electrons. The van der Waals surface area contributed by atoms with Crippen LogP contribution in [0.1, 0.15) is 71.1 Å². The van der Waals surface area contributed by atoms with Gasteiger partial charge in [0.25, 0.3) is 0 Å². The average molecular weight is 365 g/mol. The number of rotatable bonds is 18. The summed E-state index contributed by atoms with van der Waals surface area (Å²) in [6, 6.07) is 0. The maximum atomic E-state index is 11.6. The summed E-state index contributed by atoms with van der Waals surface area (Å²) in [5.74, 6) is 0.136. The summed E-state index contributed by atoms with van der Waals surface area (Å²) in [4.78, 5) is 11.6. The van der Waals surface area contributed by atoms with E-state index in [9.17, 15) is 4.79 Å². The number of amides is 1. The van der Waals surface area contributed by atoms with E-state index in [2.05, 4.69) is 54.0 Å². The molecule has 0 aromatic rings. The molecule has 0 radical (unpaired) electrons. The molecule has 0 saturated heterocycles. The van der Waals surface area contributed by atoms with E-state index < -0.39 is 0 Å². The van der Waals surface area contributed by atoms with E-state index in [1.54, 1.807) is 0 Å². The van der Waals surface area contributed by atoms with Crippen molar-refractivity contribution in [1.29, 1.82) is 0 Å². The Bertz CT molecular complexity index is 390. The fraction of sp³-hybridized carbons (Fsp3) is 0.682. The maximum absolute atomic E-state index is 11.6. The van der Waals surface area contributed by atoms with Gasteiger partial charge in [0, 0.05) is 26.1 Å². The minimum Gasteiger partial charge on any atom is -0.395 e. The zero-order valence-electron chi connectivity index (χ0n) is 16.7. The first-order valence-electron chi connectivity index (χ1n) is 10.3. The van der Waals surface area contributed by atoms with Gasteiger partial charge in [-0.05, 0) is 38.5 Å². The molecule has 0 aliphatic rings. The first-order chi connectivity index (χ1) is 12.8. The van der Waals surface area contributed by atoms with Crippen molar-refractivity contribution in [3.05, 3.63) is 36.5 Å². The summed E-state index contributed by atoms with van der Waals surface area (Å²) in [5.41, 5.74) is 0. The molecule has 0 bridgehead atoms. The molecule has 0 aromatic heterocycles. The van der Waals surface area contributed by atoms with E-state index in [0.717, 1.165) is 38.5 Å². The number of unbranched alkanes of at least 4 members (excludes halogenated alkanes) is 5. The highest BCUT2D eigenvalue weighted by Gasteiger charge is 1.99. The lowest BCUT2D eigenvalue weighted by atomic mass is 10.1. The van der Waals surface area contributed by atoms with Gasteiger partial charge in [-0.15, -0.1) is 0 Å². The van der Waals surface area contributed by atoms with Gasteiger partial charge in [-0.2, -0.15) is 0 Å². The Morgan fingerprint density at radius 2 is 1.46 bits per heavy atom. The molecular weight excluding hydrogens is 324 g/mol. The second-order valence-corrected chi connectivity index (χ2v) is 6.42. The molecule has 0 atom stereocenters. The van der Waals surface area contributed by atoms with Crippen molar-refractivity contribution >= 4 is 5.91 Å². The van der Waals surface area contributed by atoms with Gasteiger partial charge < -0.3 is 15.7 Å². The third kappa shape index (κ3) is 20.7. The van der Waals surface area contributed by atoms with Crippen LogP contribution in [0.3, 0.4) is 0 Å². The molecule has 3 N–H and O–H groups in total. The summed E-state index contributed by atoms with van der Waals surface area (Å²) in [6.45, 7) is 4.22. The van der Waals surface area contributed by atoms with E-state index in [1.807, 2.05) is 0 Å². The molecule has 4 heteroatoms. The molecule has 0 heterocycles. The van der Waals surface area contributed by atoms with Gasteiger partial charge in [0.15, 0.2) is 0 Å². The molecule has 0 saturated carbocycles. The van der Waals surface area contributed by atoms with Crippen molar-refractivity contribution in [2.45, 2.75) is 71.1 Å². The maximum Gasteiger partial charge on any atom is 0.220 e. The first kappa shape index (κ1) is 24.6. The minimum absolute atomic E-state index is 0.136. The Morgan fingerprint density at radius 3 is 2.19 bits per heavy atom. The topological polar surface area (TPSA) is 61.4 Å². The average Bonchev–Trinajstić information content (AvgIpc) is 2.64. The Labute approximate surface area is 160 Å². The molecular formula is C22H40N2O2. The Hall–Kier alpha value is -1.39. The molecule has 0 rings (SSSR count). The molecule has 0 aliphatic carbocycles. The fourth-order valence-electron chi connectivity index (χ4n) is 2.49. The first-order valence-corrected chi connectivity index (χ1v) is 10.3. The molecule has 26 heavy (non-hydrogen) atoms. The van der Waals surface area contributed by atoms with Crippen LogP contribution in [0.25, 0.3) is 0 Å². The van der Waals surface area contributed by atoms with Crippen LogP contribution in [0.4, 0.5) is 0 Å². The summed E-state index contributed by atoms with van der Waals surface area (Å²) in [6.07, 6.45) is 24.2. The fourth-order valence-corrected chi connectivity index (χ4v) is 2.49. The second kappa shape index (κ2) is 21.7. The highest BCUT2D eigenvalue weighted by atomic mass is 16.3. The van der Waals surface area contributed by atoms with Crippen molar-refractivity contribution in [2.24, 2.45) is 0 Å². The molecule has 1 amide bonds. The van der Waals surface area contributed by atoms with Crippen LogP contribution in [-0.2, 0) is 4.79 Å². The number of carbonyl (C=O) groups excluding carboxylic acids is 1. The van der Waals surface area contributed by atoms with Crippen LogP contribution in [0.5, 0.6) is 0 Å². The zero-order valence-corrected chi connectivity index (χ0v) is 16.7. The lowest BCUT2D eigenvalue weighted by Crippen LogP contribution is -2.32. The summed E-state index contributed by atoms with van der Waals surface area (Å²) in [5, 5.41) is 14.5. The summed E-state index contributed by atoms with van der Waals surface area (Å²) < 4.78 is 0. The van der Waals surface area contributed by atoms with Gasteiger partial charge in [-0.25, -0.2) is 0 Å². The van der Waals surface area contributed by atoms with Crippen molar-refractivity contribution in [2.75, 3.05) is 26.2 Å². The van der Waals surface area contributed by atoms with Crippen LogP contribution in [0.2, 0.25) is 0 Å². The van der Waals surface area contributed by atoms with E-state index in [4.69, 9.17) is 5.11 Å². The van der Waals surface area contributed by atoms with E-state index in [0.29, 0.717) is 26.1 Å². The van der Waals surface area contributed by atoms with Crippen LogP contribution in [0, 0.1) is 0 Å². The predicted octanol–water partition coefficient (Wildman–Crippen LogP) is 4.27. The standard InChI is InChI=1S/C22H40N2O2/c1-2-3-4-5-6-7-8-9-10-11-12-13-14-15-16-17-22(26)24-19-18-23-20-21-25/h3-4,6-7,9-10,23,25H,2,5,8,11-21H2,1H3,(H,24,26)/b4-3+,7-6+,10-9+. The molecule has 0 fully saturated rings. The highest BCUT2D eigenvalue weighted by molar-refractivity contribution is 5.75. The third-order valence-electron chi connectivity index (χ3n) is 3.97. The summed E-state index contributed by atoms with van der Waals surface area (Å²) in [7, 11) is 0. The zero-order chi connectivity index (χ0) is 19.1. The number of aliphatic hydroxyl groups excluding tert-OH is 1. The smallest absolute Gasteiger partial charge is 0.220 e. The normalized spacial score (nSPS) is 11.9. The van der Waals surface area contributed by atoms with E-state index >= 15 is 0 Å². The van der Waals surface area contributed by atoms with Gasteiger partial charge >= 0.3 is 0 Å². The van der Waals surface area contributed by atoms with Gasteiger partial charge in [0.2, 0.25) is 5.91 Å². The molecule has 0 aromatic carbocycles. The molecule has 0 unspecified atom stereocenters. The second-order valence-electron chi connectivity index (χ2n) is 6.42. The number of hydrogen-bond donors (Lipinski definition) is 3. The largest absolute Gasteiger partial charge is 0.395 e. The number of hydrogen-bond acceptors (Lipinski definition) is 3. The summed E-state index contributed by atoms with van der Waals surface area (Å²) >= 11 is 0. The number of nitrogens with one attached hydrogen (secondary N) is 2. The number of carbonyl (C=O) groups is 1. The lowest BCUT2D eigenvalue weighted by Gasteiger charge is -2.06.